The fraction of sp³-hybridized carbons (Fsp3) is 0. The van der Waals surface area contributed by atoms with Crippen LogP contribution in [0.4, 0.5) is 0 Å². The van der Waals surface area contributed by atoms with Gasteiger partial charge in [0.1, 0.15) is 0 Å². The van der Waals surface area contributed by atoms with Crippen molar-refractivity contribution < 1.29 is 0 Å². The first-order valence-corrected chi connectivity index (χ1v) is 15.5. The Kier molecular flexibility index (Phi) is 5.44. The lowest BCUT2D eigenvalue weighted by Gasteiger charge is -2.17. The molecule has 0 aliphatic rings. The van der Waals surface area contributed by atoms with E-state index in [0.29, 0.717) is 0 Å². The standard InChI is InChI=1S/C41H25NS/c1-2-12-27(13-3-1)36-19-10-20-37(42-36)40-32-17-8-6-15-30(32)39(31-16-7-9-18-33(31)40)28-22-24-38-35(25-28)34-23-21-26-11-4-5-14-29(26)41(34)43-38/h1-25H. The van der Waals surface area contributed by atoms with Crippen molar-refractivity contribution in [3.8, 4) is 33.6 Å². The van der Waals surface area contributed by atoms with E-state index in [1.165, 1.54) is 69.2 Å². The summed E-state index contributed by atoms with van der Waals surface area (Å²) in [6.07, 6.45) is 0. The first-order valence-electron chi connectivity index (χ1n) is 14.6. The summed E-state index contributed by atoms with van der Waals surface area (Å²) in [6, 6.07) is 54.7. The van der Waals surface area contributed by atoms with E-state index < -0.39 is 0 Å². The molecular weight excluding hydrogens is 539 g/mol. The summed E-state index contributed by atoms with van der Waals surface area (Å²) in [5, 5.41) is 10.2. The molecule has 0 aliphatic carbocycles. The van der Waals surface area contributed by atoms with Crippen LogP contribution in [-0.4, -0.2) is 4.98 Å². The van der Waals surface area contributed by atoms with Crippen molar-refractivity contribution in [1.82, 2.24) is 4.98 Å². The fourth-order valence-corrected chi connectivity index (χ4v) is 7.94. The van der Waals surface area contributed by atoms with Crippen molar-refractivity contribution in [2.24, 2.45) is 0 Å². The number of aromatic nitrogens is 1. The van der Waals surface area contributed by atoms with Crippen molar-refractivity contribution in [3.05, 3.63) is 152 Å². The number of hydrogen-bond acceptors (Lipinski definition) is 2. The zero-order valence-electron chi connectivity index (χ0n) is 23.3. The van der Waals surface area contributed by atoms with E-state index in [9.17, 15) is 0 Å². The van der Waals surface area contributed by atoms with Gasteiger partial charge in [-0.25, -0.2) is 4.98 Å². The number of thiophene rings is 1. The number of fused-ring (bicyclic) bond motifs is 7. The number of nitrogens with zero attached hydrogens (tertiary/aromatic N) is 1. The third-order valence-electron chi connectivity index (χ3n) is 8.66. The van der Waals surface area contributed by atoms with Gasteiger partial charge in [-0.05, 0) is 67.7 Å². The lowest BCUT2D eigenvalue weighted by atomic mass is 9.87. The van der Waals surface area contributed by atoms with Gasteiger partial charge in [0, 0.05) is 31.3 Å². The molecule has 200 valence electrons. The summed E-state index contributed by atoms with van der Waals surface area (Å²) >= 11 is 1.89. The monoisotopic (exact) mass is 563 g/mol. The fourth-order valence-electron chi connectivity index (χ4n) is 6.72. The average molecular weight is 564 g/mol. The highest BCUT2D eigenvalue weighted by Gasteiger charge is 2.18. The Balaban J connectivity index is 1.33. The molecule has 2 heterocycles. The molecule has 9 aromatic rings. The molecule has 0 atom stereocenters. The van der Waals surface area contributed by atoms with Crippen molar-refractivity contribution in [1.29, 1.82) is 0 Å². The quantitative estimate of drug-likeness (QED) is 0.195. The Labute approximate surface area is 253 Å². The molecule has 0 aliphatic heterocycles. The summed E-state index contributed by atoms with van der Waals surface area (Å²) in [5.41, 5.74) is 6.80. The summed E-state index contributed by atoms with van der Waals surface area (Å²) in [6.45, 7) is 0. The van der Waals surface area contributed by atoms with Crippen LogP contribution in [0.5, 0.6) is 0 Å². The molecule has 0 saturated heterocycles. The predicted octanol–water partition coefficient (Wildman–Crippen LogP) is 11.9. The molecule has 9 rings (SSSR count). The highest BCUT2D eigenvalue weighted by molar-refractivity contribution is 7.26. The molecule has 0 spiro atoms. The van der Waals surface area contributed by atoms with Crippen LogP contribution in [0.1, 0.15) is 0 Å². The minimum absolute atomic E-state index is 0.984. The van der Waals surface area contributed by atoms with E-state index in [1.807, 2.05) is 17.4 Å². The van der Waals surface area contributed by atoms with Crippen molar-refractivity contribution in [3.63, 3.8) is 0 Å². The molecule has 2 heteroatoms. The predicted molar refractivity (Wildman–Crippen MR) is 186 cm³/mol. The second-order valence-electron chi connectivity index (χ2n) is 11.1. The highest BCUT2D eigenvalue weighted by atomic mass is 32.1. The minimum atomic E-state index is 0.984. The van der Waals surface area contributed by atoms with Crippen LogP contribution in [0, 0.1) is 0 Å². The molecule has 43 heavy (non-hydrogen) atoms. The molecule has 7 aromatic carbocycles. The first kappa shape index (κ1) is 24.3. The van der Waals surface area contributed by atoms with Gasteiger partial charge in [-0.2, -0.15) is 0 Å². The highest BCUT2D eigenvalue weighted by Crippen LogP contribution is 2.45. The summed E-state index contributed by atoms with van der Waals surface area (Å²) in [4.78, 5) is 5.21. The minimum Gasteiger partial charge on any atom is -0.248 e. The van der Waals surface area contributed by atoms with Gasteiger partial charge < -0.3 is 0 Å². The van der Waals surface area contributed by atoms with Gasteiger partial charge in [-0.15, -0.1) is 11.3 Å². The molecule has 0 amide bonds. The Bertz CT molecular complexity index is 2450. The Morgan fingerprint density at radius 1 is 0.372 bits per heavy atom. The van der Waals surface area contributed by atoms with Crippen LogP contribution >= 0.6 is 11.3 Å². The van der Waals surface area contributed by atoms with Gasteiger partial charge in [0.05, 0.1) is 11.4 Å². The Morgan fingerprint density at radius 2 is 1.00 bits per heavy atom. The molecule has 0 radical (unpaired) electrons. The lowest BCUT2D eigenvalue weighted by Crippen LogP contribution is -1.93. The Hall–Kier alpha value is -5.31. The number of rotatable bonds is 3. The zero-order valence-corrected chi connectivity index (χ0v) is 24.1. The van der Waals surface area contributed by atoms with E-state index in [-0.39, 0.29) is 0 Å². The molecule has 2 aromatic heterocycles. The topological polar surface area (TPSA) is 12.9 Å². The number of pyridine rings is 1. The van der Waals surface area contributed by atoms with Crippen LogP contribution < -0.4 is 0 Å². The zero-order chi connectivity index (χ0) is 28.3. The van der Waals surface area contributed by atoms with E-state index in [0.717, 1.165) is 17.0 Å². The van der Waals surface area contributed by atoms with Gasteiger partial charge >= 0.3 is 0 Å². The maximum absolute atomic E-state index is 5.21. The van der Waals surface area contributed by atoms with Crippen LogP contribution in [0.15, 0.2) is 152 Å². The molecule has 0 bridgehead atoms. The SMILES string of the molecule is c1ccc(-c2cccc(-c3c4ccccc4c(-c4ccc5sc6c7ccccc7ccc6c5c4)c4ccccc34)n2)cc1. The van der Waals surface area contributed by atoms with E-state index >= 15 is 0 Å². The van der Waals surface area contributed by atoms with E-state index in [1.54, 1.807) is 0 Å². The van der Waals surface area contributed by atoms with Crippen molar-refractivity contribution in [2.45, 2.75) is 0 Å². The molecule has 1 nitrogen and oxygen atoms in total. The largest absolute Gasteiger partial charge is 0.248 e. The Morgan fingerprint density at radius 3 is 1.74 bits per heavy atom. The smallest absolute Gasteiger partial charge is 0.0722 e. The molecular formula is C41H25NS. The maximum atomic E-state index is 5.21. The second kappa shape index (κ2) is 9.62. The number of hydrogen-bond donors (Lipinski definition) is 0. The van der Waals surface area contributed by atoms with Crippen molar-refractivity contribution in [2.75, 3.05) is 0 Å². The normalized spacial score (nSPS) is 11.7. The average Bonchev–Trinajstić information content (AvgIpc) is 3.46. The van der Waals surface area contributed by atoms with Gasteiger partial charge in [0.2, 0.25) is 0 Å². The molecule has 0 saturated carbocycles. The summed E-state index contributed by atoms with van der Waals surface area (Å²) < 4.78 is 2.68. The first-order chi connectivity index (χ1) is 21.3. The van der Waals surface area contributed by atoms with Crippen molar-refractivity contribution >= 4 is 63.8 Å². The second-order valence-corrected chi connectivity index (χ2v) is 12.1. The van der Waals surface area contributed by atoms with E-state index in [4.69, 9.17) is 4.98 Å². The third kappa shape index (κ3) is 3.81. The van der Waals surface area contributed by atoms with E-state index in [2.05, 4.69) is 146 Å². The molecule has 0 N–H and O–H groups in total. The van der Waals surface area contributed by atoms with Crippen LogP contribution in [0.2, 0.25) is 0 Å². The molecule has 0 unspecified atom stereocenters. The van der Waals surface area contributed by atoms with Crippen LogP contribution in [0.25, 0.3) is 86.1 Å². The number of benzene rings is 7. The van der Waals surface area contributed by atoms with Gasteiger partial charge in [-0.3, -0.25) is 0 Å². The maximum Gasteiger partial charge on any atom is 0.0722 e. The van der Waals surface area contributed by atoms with Crippen LogP contribution in [-0.2, 0) is 0 Å². The summed E-state index contributed by atoms with van der Waals surface area (Å²) in [7, 11) is 0. The third-order valence-corrected chi connectivity index (χ3v) is 9.88. The van der Waals surface area contributed by atoms with Gasteiger partial charge in [0.25, 0.3) is 0 Å². The van der Waals surface area contributed by atoms with Crippen LogP contribution in [0.3, 0.4) is 0 Å². The van der Waals surface area contributed by atoms with Gasteiger partial charge in [0.15, 0.2) is 0 Å². The summed E-state index contributed by atoms with van der Waals surface area (Å²) in [5.74, 6) is 0. The lowest BCUT2D eigenvalue weighted by molar-refractivity contribution is 1.33. The van der Waals surface area contributed by atoms with Gasteiger partial charge in [-0.1, -0.05) is 127 Å². The molecule has 0 fully saturated rings.